The zero-order chi connectivity index (χ0) is 17.1. The van der Waals surface area contributed by atoms with Crippen molar-refractivity contribution in [1.29, 1.82) is 0 Å². The van der Waals surface area contributed by atoms with Gasteiger partial charge >= 0.3 is 0 Å². The molecular formula is C18H22N4O2S. The van der Waals surface area contributed by atoms with Crippen LogP contribution < -0.4 is 0 Å². The standard InChI is InChI=1S/C18H22N4O2S/c1-21-13-19-20-18(21)25-17-9-8-14(24-17)12-22-10-4-2-3-6-15(22)16-7-5-11-23-16/h5,7-9,11,13,15H,2-4,6,10,12H2,1H3. The molecule has 0 amide bonds. The lowest BCUT2D eigenvalue weighted by molar-refractivity contribution is 0.155. The van der Waals surface area contributed by atoms with Gasteiger partial charge in [-0.05, 0) is 55.4 Å². The summed E-state index contributed by atoms with van der Waals surface area (Å²) >= 11 is 1.49. The third-order valence-electron chi connectivity index (χ3n) is 4.59. The van der Waals surface area contributed by atoms with E-state index < -0.39 is 0 Å². The Labute approximate surface area is 151 Å². The van der Waals surface area contributed by atoms with Crippen LogP contribution in [-0.2, 0) is 13.6 Å². The van der Waals surface area contributed by atoms with E-state index in [2.05, 4.69) is 27.2 Å². The van der Waals surface area contributed by atoms with E-state index >= 15 is 0 Å². The van der Waals surface area contributed by atoms with E-state index in [-0.39, 0.29) is 0 Å². The first-order valence-electron chi connectivity index (χ1n) is 8.67. The van der Waals surface area contributed by atoms with Crippen molar-refractivity contribution in [3.8, 4) is 0 Å². The third kappa shape index (κ3) is 3.82. The molecule has 3 aromatic heterocycles. The Morgan fingerprint density at radius 2 is 2.20 bits per heavy atom. The number of likely N-dealkylation sites (tertiary alicyclic amines) is 1. The largest absolute Gasteiger partial charge is 0.468 e. The highest BCUT2D eigenvalue weighted by Crippen LogP contribution is 2.33. The third-order valence-corrected chi connectivity index (χ3v) is 5.57. The lowest BCUT2D eigenvalue weighted by atomic mass is 10.1. The molecule has 1 aliphatic heterocycles. The molecule has 6 nitrogen and oxygen atoms in total. The van der Waals surface area contributed by atoms with E-state index in [4.69, 9.17) is 8.83 Å². The van der Waals surface area contributed by atoms with Crippen molar-refractivity contribution in [3.63, 3.8) is 0 Å². The predicted octanol–water partition coefficient (Wildman–Crippen LogP) is 4.27. The SMILES string of the molecule is Cn1cnnc1Sc1ccc(CN2CCCCCC2c2ccco2)o1. The number of aromatic nitrogens is 3. The molecule has 0 aromatic carbocycles. The van der Waals surface area contributed by atoms with Crippen LogP contribution in [0.3, 0.4) is 0 Å². The molecule has 0 bridgehead atoms. The molecule has 4 rings (SSSR count). The zero-order valence-corrected chi connectivity index (χ0v) is 15.1. The maximum Gasteiger partial charge on any atom is 0.198 e. The minimum Gasteiger partial charge on any atom is -0.468 e. The molecule has 25 heavy (non-hydrogen) atoms. The number of furan rings is 2. The number of hydrogen-bond acceptors (Lipinski definition) is 6. The van der Waals surface area contributed by atoms with Crippen molar-refractivity contribution in [2.75, 3.05) is 6.54 Å². The Balaban J connectivity index is 1.47. The number of rotatable bonds is 5. The Morgan fingerprint density at radius 1 is 1.24 bits per heavy atom. The molecule has 1 unspecified atom stereocenters. The van der Waals surface area contributed by atoms with Crippen LogP contribution >= 0.6 is 11.8 Å². The molecule has 3 aromatic rings. The Bertz CT molecular complexity index is 796. The van der Waals surface area contributed by atoms with Crippen LogP contribution in [-0.4, -0.2) is 26.2 Å². The summed E-state index contributed by atoms with van der Waals surface area (Å²) in [7, 11) is 1.93. The molecule has 1 fully saturated rings. The lowest BCUT2D eigenvalue weighted by Crippen LogP contribution is -2.27. The van der Waals surface area contributed by atoms with Crippen LogP contribution in [0.1, 0.15) is 43.2 Å². The molecule has 1 atom stereocenters. The van der Waals surface area contributed by atoms with Gasteiger partial charge in [-0.1, -0.05) is 12.8 Å². The fourth-order valence-electron chi connectivity index (χ4n) is 3.31. The molecule has 132 valence electrons. The van der Waals surface area contributed by atoms with Crippen molar-refractivity contribution >= 4 is 11.8 Å². The summed E-state index contributed by atoms with van der Waals surface area (Å²) in [5.41, 5.74) is 0. The molecule has 7 heteroatoms. The van der Waals surface area contributed by atoms with E-state index in [1.54, 1.807) is 12.6 Å². The van der Waals surface area contributed by atoms with Crippen molar-refractivity contribution in [2.24, 2.45) is 7.05 Å². The molecule has 0 saturated carbocycles. The molecule has 0 N–H and O–H groups in total. The van der Waals surface area contributed by atoms with E-state index in [9.17, 15) is 0 Å². The Kier molecular flexibility index (Phi) is 4.94. The van der Waals surface area contributed by atoms with Gasteiger partial charge in [-0.25, -0.2) is 0 Å². The number of aryl methyl sites for hydroxylation is 1. The van der Waals surface area contributed by atoms with Gasteiger partial charge in [0.05, 0.1) is 18.8 Å². The van der Waals surface area contributed by atoms with Gasteiger partial charge in [0.2, 0.25) is 0 Å². The minimum absolute atomic E-state index is 0.331. The second-order valence-corrected chi connectivity index (χ2v) is 7.37. The highest BCUT2D eigenvalue weighted by atomic mass is 32.2. The molecule has 1 aliphatic rings. The van der Waals surface area contributed by atoms with Crippen molar-refractivity contribution in [2.45, 2.75) is 48.5 Å². The van der Waals surface area contributed by atoms with Crippen molar-refractivity contribution in [3.05, 3.63) is 48.4 Å². The monoisotopic (exact) mass is 358 g/mol. The van der Waals surface area contributed by atoms with Gasteiger partial charge in [0, 0.05) is 7.05 Å². The topological polar surface area (TPSA) is 60.2 Å². The second-order valence-electron chi connectivity index (χ2n) is 6.40. The average Bonchev–Trinajstić information content (AvgIpc) is 3.32. The van der Waals surface area contributed by atoms with Crippen LogP contribution in [0.2, 0.25) is 0 Å². The summed E-state index contributed by atoms with van der Waals surface area (Å²) in [4.78, 5) is 2.47. The van der Waals surface area contributed by atoms with E-state index in [1.165, 1.54) is 31.0 Å². The van der Waals surface area contributed by atoms with Gasteiger partial charge in [0.25, 0.3) is 0 Å². The van der Waals surface area contributed by atoms with E-state index in [1.807, 2.05) is 23.7 Å². The zero-order valence-electron chi connectivity index (χ0n) is 14.3. The van der Waals surface area contributed by atoms with Crippen LogP contribution in [0.25, 0.3) is 0 Å². The molecular weight excluding hydrogens is 336 g/mol. The summed E-state index contributed by atoms with van der Waals surface area (Å²) in [6.07, 6.45) is 8.33. The van der Waals surface area contributed by atoms with Gasteiger partial charge in [-0.15, -0.1) is 10.2 Å². The lowest BCUT2D eigenvalue weighted by Gasteiger charge is -2.27. The summed E-state index contributed by atoms with van der Waals surface area (Å²) in [6.45, 7) is 1.86. The minimum atomic E-state index is 0.331. The Hall–Kier alpha value is -1.99. The molecule has 0 spiro atoms. The van der Waals surface area contributed by atoms with Gasteiger partial charge in [-0.3, -0.25) is 4.90 Å². The predicted molar refractivity (Wildman–Crippen MR) is 94.2 cm³/mol. The first kappa shape index (κ1) is 16.5. The maximum atomic E-state index is 6.03. The molecule has 4 heterocycles. The van der Waals surface area contributed by atoms with Crippen LogP contribution in [0.4, 0.5) is 0 Å². The van der Waals surface area contributed by atoms with Gasteiger partial charge < -0.3 is 13.4 Å². The van der Waals surface area contributed by atoms with Gasteiger partial charge in [0.15, 0.2) is 10.2 Å². The number of nitrogens with zero attached hydrogens (tertiary/aromatic N) is 4. The number of hydrogen-bond donors (Lipinski definition) is 0. The smallest absolute Gasteiger partial charge is 0.198 e. The van der Waals surface area contributed by atoms with Crippen LogP contribution in [0.15, 0.2) is 55.9 Å². The van der Waals surface area contributed by atoms with Gasteiger partial charge in [0.1, 0.15) is 17.8 Å². The molecule has 1 saturated heterocycles. The first-order chi connectivity index (χ1) is 12.3. The summed E-state index contributed by atoms with van der Waals surface area (Å²) < 4.78 is 13.6. The quantitative estimate of drug-likeness (QED) is 0.679. The first-order valence-corrected chi connectivity index (χ1v) is 9.49. The highest BCUT2D eigenvalue weighted by Gasteiger charge is 2.25. The summed E-state index contributed by atoms with van der Waals surface area (Å²) in [5.74, 6) is 2.03. The summed E-state index contributed by atoms with van der Waals surface area (Å²) in [6, 6.07) is 8.45. The van der Waals surface area contributed by atoms with E-state index in [0.29, 0.717) is 6.04 Å². The maximum absolute atomic E-state index is 6.03. The highest BCUT2D eigenvalue weighted by molar-refractivity contribution is 7.99. The van der Waals surface area contributed by atoms with Gasteiger partial charge in [-0.2, -0.15) is 0 Å². The fourth-order valence-corrected chi connectivity index (χ4v) is 4.06. The average molecular weight is 358 g/mol. The van der Waals surface area contributed by atoms with Crippen LogP contribution in [0.5, 0.6) is 0 Å². The molecule has 0 aliphatic carbocycles. The normalized spacial score (nSPS) is 19.2. The second kappa shape index (κ2) is 7.49. The van der Waals surface area contributed by atoms with E-state index in [0.717, 1.165) is 41.3 Å². The van der Waals surface area contributed by atoms with Crippen LogP contribution in [0, 0.1) is 0 Å². The Morgan fingerprint density at radius 3 is 3.00 bits per heavy atom. The van der Waals surface area contributed by atoms with Crippen molar-refractivity contribution in [1.82, 2.24) is 19.7 Å². The summed E-state index contributed by atoms with van der Waals surface area (Å²) in [5, 5.41) is 9.65. The fraction of sp³-hybridized carbons (Fsp3) is 0.444. The van der Waals surface area contributed by atoms with Crippen molar-refractivity contribution < 1.29 is 8.83 Å². The molecule has 0 radical (unpaired) electrons.